The van der Waals surface area contributed by atoms with E-state index in [0.29, 0.717) is 0 Å². The van der Waals surface area contributed by atoms with Crippen LogP contribution in [-0.4, -0.2) is 13.9 Å². The molecule has 3 heteroatoms. The summed E-state index contributed by atoms with van der Waals surface area (Å²) in [5, 5.41) is 0. The van der Waals surface area contributed by atoms with E-state index in [4.69, 9.17) is 4.43 Å². The normalized spacial score (nSPS) is 16.9. The average Bonchev–Trinajstić information content (AvgIpc) is 2.09. The van der Waals surface area contributed by atoms with E-state index in [1.165, 1.54) is 19.3 Å². The lowest BCUT2D eigenvalue weighted by Crippen LogP contribution is -2.40. The van der Waals surface area contributed by atoms with Crippen molar-refractivity contribution in [2.45, 2.75) is 64.8 Å². The van der Waals surface area contributed by atoms with Crippen molar-refractivity contribution in [1.82, 2.24) is 0 Å². The zero-order valence-electron chi connectivity index (χ0n) is 10.8. The van der Waals surface area contributed by atoms with Crippen molar-refractivity contribution in [2.75, 3.05) is 0 Å². The van der Waals surface area contributed by atoms with E-state index >= 15 is 0 Å². The molecule has 0 aromatic heterocycles. The van der Waals surface area contributed by atoms with Crippen LogP contribution in [0.25, 0.3) is 0 Å². The number of rotatable bonds is 7. The molecule has 0 rings (SSSR count). The Bertz CT molecular complexity index is 198. The second-order valence-corrected chi connectivity index (χ2v) is 10.5. The zero-order valence-corrected chi connectivity index (χ0v) is 13.9. The van der Waals surface area contributed by atoms with Gasteiger partial charge in [-0.3, -0.25) is 0 Å². The first kappa shape index (κ1) is 15.6. The maximum Gasteiger partial charge on any atom is 0.184 e. The topological polar surface area (TPSA) is 9.23 Å². The fraction of sp³-hybridized carbons (Fsp3) is 0.833. The molecule has 0 aliphatic heterocycles. The molecule has 0 aromatic rings. The highest BCUT2D eigenvalue weighted by Crippen LogP contribution is 2.27. The van der Waals surface area contributed by atoms with Crippen LogP contribution < -0.4 is 0 Å². The first-order valence-corrected chi connectivity index (χ1v) is 10.4. The average molecular weight is 340 g/mol. The van der Waals surface area contributed by atoms with E-state index in [0.717, 1.165) is 6.42 Å². The molecule has 15 heavy (non-hydrogen) atoms. The summed E-state index contributed by atoms with van der Waals surface area (Å²) in [6, 6.07) is 0. The highest BCUT2D eigenvalue weighted by Gasteiger charge is 2.29. The Hall–Kier alpha value is 0.647. The van der Waals surface area contributed by atoms with Crippen molar-refractivity contribution in [3.8, 4) is 0 Å². The van der Waals surface area contributed by atoms with Gasteiger partial charge in [0.25, 0.3) is 0 Å². The molecule has 0 amide bonds. The summed E-state index contributed by atoms with van der Waals surface area (Å²) in [6.07, 6.45) is 6.94. The van der Waals surface area contributed by atoms with Gasteiger partial charge in [0.05, 0.1) is 5.60 Å². The molecule has 90 valence electrons. The minimum Gasteiger partial charge on any atom is -0.412 e. The van der Waals surface area contributed by atoms with Crippen LogP contribution in [0.1, 0.15) is 39.5 Å². The summed E-state index contributed by atoms with van der Waals surface area (Å²) in [4.78, 5) is 0. The molecule has 0 N–H and O–H groups in total. The Kier molecular flexibility index (Phi) is 7.37. The second kappa shape index (κ2) is 7.07. The maximum atomic E-state index is 6.31. The van der Waals surface area contributed by atoms with Crippen LogP contribution >= 0.6 is 22.6 Å². The summed E-state index contributed by atoms with van der Waals surface area (Å²) in [7, 11) is -1.43. The van der Waals surface area contributed by atoms with Gasteiger partial charge in [-0.25, -0.2) is 0 Å². The lowest BCUT2D eigenvalue weighted by molar-refractivity contribution is 0.0716. The van der Waals surface area contributed by atoms with Crippen molar-refractivity contribution >= 4 is 30.9 Å². The molecule has 0 aliphatic carbocycles. The van der Waals surface area contributed by atoms with Crippen LogP contribution in [0.4, 0.5) is 0 Å². The molecule has 0 fully saturated rings. The van der Waals surface area contributed by atoms with Crippen LogP contribution in [0.5, 0.6) is 0 Å². The quantitative estimate of drug-likeness (QED) is 0.461. The smallest absolute Gasteiger partial charge is 0.184 e. The monoisotopic (exact) mass is 340 g/mol. The predicted octanol–water partition coefficient (Wildman–Crippen LogP) is 5.13. The second-order valence-electron chi connectivity index (χ2n) is 5.33. The van der Waals surface area contributed by atoms with Gasteiger partial charge in [-0.15, -0.1) is 0 Å². The Morgan fingerprint density at radius 3 is 2.33 bits per heavy atom. The summed E-state index contributed by atoms with van der Waals surface area (Å²) >= 11 is 2.28. The van der Waals surface area contributed by atoms with Gasteiger partial charge >= 0.3 is 0 Å². The van der Waals surface area contributed by atoms with E-state index in [1.54, 1.807) is 0 Å². The Balaban J connectivity index is 4.39. The summed E-state index contributed by atoms with van der Waals surface area (Å²) < 4.78 is 8.41. The standard InChI is InChI=1S/C12H25IOSi/c1-6-7-9-12(2,10-8-11-13)14-15(3,4)5/h8,11H,6-7,9-10H2,1-5H3/t12-/m1/s1. The minimum absolute atomic E-state index is 0.0577. The fourth-order valence-corrected chi connectivity index (χ4v) is 3.70. The minimum atomic E-state index is -1.43. The predicted molar refractivity (Wildman–Crippen MR) is 80.1 cm³/mol. The molecule has 0 radical (unpaired) electrons. The molecular weight excluding hydrogens is 315 g/mol. The lowest BCUT2D eigenvalue weighted by atomic mass is 9.96. The Morgan fingerprint density at radius 1 is 1.33 bits per heavy atom. The first-order chi connectivity index (χ1) is 6.83. The van der Waals surface area contributed by atoms with Crippen LogP contribution in [0, 0.1) is 0 Å². The molecule has 0 unspecified atom stereocenters. The van der Waals surface area contributed by atoms with Crippen molar-refractivity contribution in [1.29, 1.82) is 0 Å². The van der Waals surface area contributed by atoms with Crippen LogP contribution in [0.15, 0.2) is 10.2 Å². The van der Waals surface area contributed by atoms with Gasteiger partial charge in [0, 0.05) is 0 Å². The van der Waals surface area contributed by atoms with E-state index in [1.807, 2.05) is 0 Å². The molecule has 0 bridgehead atoms. The molecule has 0 spiro atoms. The number of unbranched alkanes of at least 4 members (excludes halogenated alkanes) is 1. The maximum absolute atomic E-state index is 6.31. The van der Waals surface area contributed by atoms with Crippen LogP contribution in [-0.2, 0) is 4.43 Å². The van der Waals surface area contributed by atoms with Gasteiger partial charge in [-0.1, -0.05) is 48.4 Å². The van der Waals surface area contributed by atoms with Gasteiger partial charge in [0.1, 0.15) is 0 Å². The van der Waals surface area contributed by atoms with Crippen molar-refractivity contribution in [2.24, 2.45) is 0 Å². The van der Waals surface area contributed by atoms with Gasteiger partial charge < -0.3 is 4.43 Å². The van der Waals surface area contributed by atoms with Gasteiger partial charge in [0.2, 0.25) is 0 Å². The lowest BCUT2D eigenvalue weighted by Gasteiger charge is -2.36. The summed E-state index contributed by atoms with van der Waals surface area (Å²) in [5.74, 6) is 0. The van der Waals surface area contributed by atoms with Gasteiger partial charge in [0.15, 0.2) is 8.32 Å². The third-order valence-electron chi connectivity index (χ3n) is 2.25. The zero-order chi connectivity index (χ0) is 11.9. The molecule has 0 heterocycles. The summed E-state index contributed by atoms with van der Waals surface area (Å²) in [5.41, 5.74) is 0.0577. The van der Waals surface area contributed by atoms with Gasteiger partial charge in [-0.05, 0) is 43.5 Å². The Labute approximate surface area is 110 Å². The third kappa shape index (κ3) is 8.45. The SMILES string of the molecule is CCCC[C@](C)(CC=CI)O[Si](C)(C)C. The van der Waals surface area contributed by atoms with Crippen molar-refractivity contribution < 1.29 is 4.43 Å². The number of halogens is 1. The molecule has 1 nitrogen and oxygen atoms in total. The fourth-order valence-electron chi connectivity index (χ4n) is 1.78. The molecular formula is C12H25IOSi. The highest BCUT2D eigenvalue weighted by molar-refractivity contribution is 14.1. The summed E-state index contributed by atoms with van der Waals surface area (Å²) in [6.45, 7) is 11.3. The van der Waals surface area contributed by atoms with E-state index < -0.39 is 8.32 Å². The van der Waals surface area contributed by atoms with E-state index in [9.17, 15) is 0 Å². The van der Waals surface area contributed by atoms with Crippen LogP contribution in [0.3, 0.4) is 0 Å². The molecule has 0 saturated heterocycles. The van der Waals surface area contributed by atoms with Crippen molar-refractivity contribution in [3.63, 3.8) is 0 Å². The van der Waals surface area contributed by atoms with E-state index in [-0.39, 0.29) is 5.60 Å². The number of hydrogen-bond acceptors (Lipinski definition) is 1. The molecule has 0 aliphatic rings. The highest BCUT2D eigenvalue weighted by atomic mass is 127. The van der Waals surface area contributed by atoms with Crippen LogP contribution in [0.2, 0.25) is 19.6 Å². The van der Waals surface area contributed by atoms with Gasteiger partial charge in [-0.2, -0.15) is 0 Å². The molecule has 0 saturated carbocycles. The number of hydrogen-bond donors (Lipinski definition) is 0. The molecule has 0 aromatic carbocycles. The van der Waals surface area contributed by atoms with Crippen molar-refractivity contribution in [3.05, 3.63) is 10.2 Å². The third-order valence-corrected chi connectivity index (χ3v) is 3.86. The van der Waals surface area contributed by atoms with E-state index in [2.05, 4.69) is 66.2 Å². The first-order valence-electron chi connectivity index (χ1n) is 5.78. The molecule has 1 atom stereocenters. The largest absolute Gasteiger partial charge is 0.412 e. The Morgan fingerprint density at radius 2 is 1.93 bits per heavy atom.